The number of nitrogens with one attached hydrogen (secondary N) is 2. The lowest BCUT2D eigenvalue weighted by molar-refractivity contribution is 0.631. The lowest BCUT2D eigenvalue weighted by Gasteiger charge is -2.13. The van der Waals surface area contributed by atoms with Crippen molar-refractivity contribution in [3.8, 4) is 0 Å². The number of halogens is 2. The Balaban J connectivity index is 1.87. The molecule has 5 nitrogen and oxygen atoms in total. The van der Waals surface area contributed by atoms with Crippen molar-refractivity contribution < 1.29 is 4.39 Å². The number of anilines is 5. The van der Waals surface area contributed by atoms with E-state index >= 15 is 0 Å². The van der Waals surface area contributed by atoms with Crippen LogP contribution in [0, 0.1) is 5.82 Å². The van der Waals surface area contributed by atoms with Gasteiger partial charge in [0.25, 0.3) is 0 Å². The first kappa shape index (κ1) is 15.2. The Labute approximate surface area is 140 Å². The van der Waals surface area contributed by atoms with Gasteiger partial charge in [-0.2, -0.15) is 0 Å². The molecule has 1 heterocycles. The maximum Gasteiger partial charge on any atom is 0.159 e. The van der Waals surface area contributed by atoms with E-state index in [1.807, 2.05) is 30.3 Å². The second-order valence-electron chi connectivity index (χ2n) is 4.72. The van der Waals surface area contributed by atoms with Gasteiger partial charge in [0.1, 0.15) is 17.8 Å². The van der Waals surface area contributed by atoms with Crippen LogP contribution >= 0.6 is 15.9 Å². The second-order valence-corrected chi connectivity index (χ2v) is 5.64. The molecule has 0 fully saturated rings. The van der Waals surface area contributed by atoms with Crippen molar-refractivity contribution in [2.24, 2.45) is 0 Å². The molecule has 3 aromatic rings. The fourth-order valence-corrected chi connectivity index (χ4v) is 2.30. The van der Waals surface area contributed by atoms with Gasteiger partial charge in [-0.25, -0.2) is 14.4 Å². The van der Waals surface area contributed by atoms with Crippen molar-refractivity contribution in [1.29, 1.82) is 0 Å². The Morgan fingerprint density at radius 1 is 0.957 bits per heavy atom. The summed E-state index contributed by atoms with van der Waals surface area (Å²) < 4.78 is 14.6. The van der Waals surface area contributed by atoms with Gasteiger partial charge in [0.15, 0.2) is 11.6 Å². The van der Waals surface area contributed by atoms with Crippen LogP contribution in [0.4, 0.5) is 33.1 Å². The molecule has 4 N–H and O–H groups in total. The number of hydrogen-bond donors (Lipinski definition) is 3. The van der Waals surface area contributed by atoms with Crippen molar-refractivity contribution in [1.82, 2.24) is 9.97 Å². The summed E-state index contributed by atoms with van der Waals surface area (Å²) in [6, 6.07) is 14.2. The van der Waals surface area contributed by atoms with E-state index in [4.69, 9.17) is 5.73 Å². The van der Waals surface area contributed by atoms with Gasteiger partial charge in [-0.3, -0.25) is 0 Å². The quantitative estimate of drug-likeness (QED) is 0.629. The Kier molecular flexibility index (Phi) is 4.38. The summed E-state index contributed by atoms with van der Waals surface area (Å²) >= 11 is 3.22. The lowest BCUT2D eigenvalue weighted by atomic mass is 10.3. The standard InChI is InChI=1S/C16H13BrFN5/c17-10-6-7-13(12(18)8-10)23-16-14(19)15(20-9-21-16)22-11-4-2-1-3-5-11/h1-9H,19H2,(H2,20,21,22,23). The number of aromatic nitrogens is 2. The molecule has 116 valence electrons. The third-order valence-corrected chi connectivity index (χ3v) is 3.60. The van der Waals surface area contributed by atoms with Gasteiger partial charge < -0.3 is 16.4 Å². The molecule has 0 radical (unpaired) electrons. The first-order valence-electron chi connectivity index (χ1n) is 6.78. The molecule has 7 heteroatoms. The predicted octanol–water partition coefficient (Wildman–Crippen LogP) is 4.45. The number of benzene rings is 2. The summed E-state index contributed by atoms with van der Waals surface area (Å²) in [6.45, 7) is 0. The molecule has 0 atom stereocenters. The summed E-state index contributed by atoms with van der Waals surface area (Å²) in [5.74, 6) is 0.376. The van der Waals surface area contributed by atoms with Crippen LogP contribution in [0.15, 0.2) is 59.3 Å². The van der Waals surface area contributed by atoms with Crippen LogP contribution in [0.3, 0.4) is 0 Å². The molecule has 0 aliphatic rings. The van der Waals surface area contributed by atoms with Gasteiger partial charge in [0.2, 0.25) is 0 Å². The average molecular weight is 374 g/mol. The number of rotatable bonds is 4. The highest BCUT2D eigenvalue weighted by atomic mass is 79.9. The molecule has 0 saturated carbocycles. The Morgan fingerprint density at radius 2 is 1.65 bits per heavy atom. The maximum atomic E-state index is 13.9. The first-order valence-corrected chi connectivity index (χ1v) is 7.57. The van der Waals surface area contributed by atoms with E-state index in [9.17, 15) is 4.39 Å². The fourth-order valence-electron chi connectivity index (χ4n) is 1.97. The third-order valence-electron chi connectivity index (χ3n) is 3.10. The number of nitrogen functional groups attached to an aromatic ring is 1. The summed E-state index contributed by atoms with van der Waals surface area (Å²) in [5.41, 5.74) is 7.51. The molecule has 0 aliphatic carbocycles. The van der Waals surface area contributed by atoms with Crippen molar-refractivity contribution in [2.75, 3.05) is 16.4 Å². The van der Waals surface area contributed by atoms with E-state index in [0.717, 1.165) is 5.69 Å². The molecule has 1 aromatic heterocycles. The SMILES string of the molecule is Nc1c(Nc2ccccc2)ncnc1Nc1ccc(Br)cc1F. The molecule has 0 saturated heterocycles. The van der Waals surface area contributed by atoms with Crippen LogP contribution in [0.2, 0.25) is 0 Å². The molecule has 0 aliphatic heterocycles. The number of hydrogen-bond acceptors (Lipinski definition) is 5. The summed E-state index contributed by atoms with van der Waals surface area (Å²) in [7, 11) is 0. The smallest absolute Gasteiger partial charge is 0.159 e. The van der Waals surface area contributed by atoms with Crippen LogP contribution in [0.5, 0.6) is 0 Å². The summed E-state index contributed by atoms with van der Waals surface area (Å²) in [5, 5.41) is 5.99. The number of nitrogens with two attached hydrogens (primary N) is 1. The summed E-state index contributed by atoms with van der Waals surface area (Å²) in [6.07, 6.45) is 1.36. The van der Waals surface area contributed by atoms with Crippen LogP contribution < -0.4 is 16.4 Å². The van der Waals surface area contributed by atoms with Gasteiger partial charge in [-0.05, 0) is 30.3 Å². The van der Waals surface area contributed by atoms with Gasteiger partial charge >= 0.3 is 0 Å². The fraction of sp³-hybridized carbons (Fsp3) is 0. The molecule has 0 spiro atoms. The van der Waals surface area contributed by atoms with E-state index in [2.05, 4.69) is 36.5 Å². The second kappa shape index (κ2) is 6.62. The molecule has 3 rings (SSSR count). The zero-order valence-corrected chi connectivity index (χ0v) is 13.5. The van der Waals surface area contributed by atoms with Crippen LogP contribution in [-0.2, 0) is 0 Å². The molecular formula is C16H13BrFN5. The van der Waals surface area contributed by atoms with E-state index in [-0.39, 0.29) is 5.69 Å². The van der Waals surface area contributed by atoms with E-state index in [1.165, 1.54) is 12.4 Å². The number of para-hydroxylation sites is 1. The minimum absolute atomic E-state index is 0.282. The Bertz CT molecular complexity index is 826. The zero-order valence-electron chi connectivity index (χ0n) is 11.9. The van der Waals surface area contributed by atoms with E-state index < -0.39 is 5.82 Å². The van der Waals surface area contributed by atoms with Gasteiger partial charge in [0.05, 0.1) is 5.69 Å². The highest BCUT2D eigenvalue weighted by Gasteiger charge is 2.11. The normalized spacial score (nSPS) is 10.3. The topological polar surface area (TPSA) is 75.9 Å². The highest BCUT2D eigenvalue weighted by Crippen LogP contribution is 2.29. The van der Waals surface area contributed by atoms with Gasteiger partial charge in [-0.1, -0.05) is 34.1 Å². The monoisotopic (exact) mass is 373 g/mol. The predicted molar refractivity (Wildman–Crippen MR) is 93.6 cm³/mol. The molecule has 0 amide bonds. The molecule has 0 bridgehead atoms. The third kappa shape index (κ3) is 3.57. The molecule has 0 unspecified atom stereocenters. The average Bonchev–Trinajstić information content (AvgIpc) is 2.54. The van der Waals surface area contributed by atoms with Crippen molar-refractivity contribution in [3.05, 3.63) is 65.1 Å². The molecule has 23 heavy (non-hydrogen) atoms. The lowest BCUT2D eigenvalue weighted by Crippen LogP contribution is -2.05. The molecular weight excluding hydrogens is 361 g/mol. The van der Waals surface area contributed by atoms with Crippen molar-refractivity contribution in [2.45, 2.75) is 0 Å². The highest BCUT2D eigenvalue weighted by molar-refractivity contribution is 9.10. The number of nitrogens with zero attached hydrogens (tertiary/aromatic N) is 2. The first-order chi connectivity index (χ1) is 11.1. The minimum Gasteiger partial charge on any atom is -0.393 e. The van der Waals surface area contributed by atoms with Crippen molar-refractivity contribution in [3.63, 3.8) is 0 Å². The maximum absolute atomic E-state index is 13.9. The van der Waals surface area contributed by atoms with Crippen LogP contribution in [-0.4, -0.2) is 9.97 Å². The molecule has 2 aromatic carbocycles. The minimum atomic E-state index is -0.407. The Morgan fingerprint density at radius 3 is 2.35 bits per heavy atom. The van der Waals surface area contributed by atoms with Crippen LogP contribution in [0.1, 0.15) is 0 Å². The van der Waals surface area contributed by atoms with Gasteiger partial charge in [-0.15, -0.1) is 0 Å². The van der Waals surface area contributed by atoms with E-state index in [1.54, 1.807) is 12.1 Å². The Hall–Kier alpha value is -2.67. The van der Waals surface area contributed by atoms with Crippen LogP contribution in [0.25, 0.3) is 0 Å². The zero-order chi connectivity index (χ0) is 16.2. The van der Waals surface area contributed by atoms with Crippen molar-refractivity contribution >= 4 is 44.6 Å². The largest absolute Gasteiger partial charge is 0.393 e. The van der Waals surface area contributed by atoms with E-state index in [0.29, 0.717) is 21.8 Å². The van der Waals surface area contributed by atoms with Gasteiger partial charge in [0, 0.05) is 10.2 Å². The summed E-state index contributed by atoms with van der Waals surface area (Å²) in [4.78, 5) is 8.20.